The number of thioether (sulfide) groups is 1. The predicted molar refractivity (Wildman–Crippen MR) is 120 cm³/mol. The van der Waals surface area contributed by atoms with E-state index in [-0.39, 0.29) is 17.0 Å². The molecule has 3 aromatic rings. The van der Waals surface area contributed by atoms with Gasteiger partial charge in [-0.1, -0.05) is 18.2 Å². The second-order valence-electron chi connectivity index (χ2n) is 7.72. The summed E-state index contributed by atoms with van der Waals surface area (Å²) in [6.07, 6.45) is -2.16. The van der Waals surface area contributed by atoms with Crippen molar-refractivity contribution in [2.24, 2.45) is 0 Å². The number of hydrogen-bond acceptors (Lipinski definition) is 6. The maximum Gasteiger partial charge on any atom is 0.416 e. The molecule has 1 saturated heterocycles. The number of sulfonamides is 1. The first-order chi connectivity index (χ1) is 16.1. The summed E-state index contributed by atoms with van der Waals surface area (Å²) in [5.74, 6) is -0.305. The van der Waals surface area contributed by atoms with Gasteiger partial charge in [-0.15, -0.1) is 11.8 Å². The number of carbonyl (C=O) groups excluding carboxylic acids is 1. The van der Waals surface area contributed by atoms with E-state index in [4.69, 9.17) is 5.21 Å². The number of amides is 1. The molecule has 180 valence electrons. The summed E-state index contributed by atoms with van der Waals surface area (Å²) in [5, 5.41) is 9.48. The maximum atomic E-state index is 13.0. The molecule has 0 unspecified atom stereocenters. The average Bonchev–Trinajstić information content (AvgIpc) is 3.32. The van der Waals surface area contributed by atoms with Gasteiger partial charge in [-0.25, -0.2) is 13.9 Å². The molecule has 1 fully saturated rings. The zero-order valence-electron chi connectivity index (χ0n) is 17.6. The first-order valence-electron chi connectivity index (χ1n) is 10.2. The number of pyridine rings is 1. The number of nitrogens with one attached hydrogen (secondary N) is 1. The topological polar surface area (TPSA) is 99.6 Å². The third-order valence-electron chi connectivity index (χ3n) is 5.57. The molecular formula is C22H20F3N3O4S2. The van der Waals surface area contributed by atoms with E-state index in [2.05, 4.69) is 4.98 Å². The second kappa shape index (κ2) is 9.53. The molecule has 0 spiro atoms. The van der Waals surface area contributed by atoms with Crippen LogP contribution in [0, 0.1) is 0 Å². The van der Waals surface area contributed by atoms with E-state index in [1.54, 1.807) is 18.2 Å². The van der Waals surface area contributed by atoms with Crippen LogP contribution in [0.1, 0.15) is 24.0 Å². The molecule has 0 bridgehead atoms. The van der Waals surface area contributed by atoms with Crippen LogP contribution in [0.4, 0.5) is 13.2 Å². The van der Waals surface area contributed by atoms with E-state index in [1.807, 2.05) is 0 Å². The van der Waals surface area contributed by atoms with Crippen LogP contribution in [0.15, 0.2) is 64.5 Å². The third kappa shape index (κ3) is 4.90. The number of halogens is 3. The van der Waals surface area contributed by atoms with Gasteiger partial charge in [-0.05, 0) is 48.7 Å². The summed E-state index contributed by atoms with van der Waals surface area (Å²) in [5.41, 5.74) is 1.81. The van der Waals surface area contributed by atoms with E-state index in [0.717, 1.165) is 26.9 Å². The van der Waals surface area contributed by atoms with Crippen LogP contribution >= 0.6 is 11.8 Å². The minimum absolute atomic E-state index is 0.0351. The molecule has 2 heterocycles. The molecule has 2 N–H and O–H groups in total. The highest BCUT2D eigenvalue weighted by molar-refractivity contribution is 7.98. The molecule has 7 nitrogen and oxygen atoms in total. The number of alkyl halides is 3. The molecule has 1 amide bonds. The van der Waals surface area contributed by atoms with Crippen LogP contribution in [0.25, 0.3) is 10.9 Å². The molecular weight excluding hydrogens is 491 g/mol. The largest absolute Gasteiger partial charge is 0.416 e. The minimum atomic E-state index is -4.45. The van der Waals surface area contributed by atoms with Gasteiger partial charge >= 0.3 is 6.18 Å². The molecule has 34 heavy (non-hydrogen) atoms. The minimum Gasteiger partial charge on any atom is -0.289 e. The number of fused-ring (bicyclic) bond motifs is 1. The summed E-state index contributed by atoms with van der Waals surface area (Å²) in [4.78, 5) is 16.6. The smallest absolute Gasteiger partial charge is 0.289 e. The van der Waals surface area contributed by atoms with Crippen LogP contribution in [-0.2, 0) is 26.7 Å². The lowest BCUT2D eigenvalue weighted by molar-refractivity contribution is -0.137. The van der Waals surface area contributed by atoms with Crippen molar-refractivity contribution in [3.05, 3.63) is 65.9 Å². The zero-order valence-corrected chi connectivity index (χ0v) is 19.3. The van der Waals surface area contributed by atoms with Gasteiger partial charge in [0.1, 0.15) is 6.04 Å². The maximum absolute atomic E-state index is 13.0. The normalized spacial score (nSPS) is 17.2. The van der Waals surface area contributed by atoms with Gasteiger partial charge in [-0.3, -0.25) is 15.0 Å². The van der Waals surface area contributed by atoms with Gasteiger partial charge in [0.25, 0.3) is 5.91 Å². The van der Waals surface area contributed by atoms with Crippen LogP contribution in [0.5, 0.6) is 0 Å². The standard InChI is InChI=1S/C22H20F3N3O4S2/c23-22(24,25)15-5-8-17-18(12-15)26-10-9-20(17)33-13-14-3-6-16(7-4-14)34(31,32)28-11-1-2-19(28)21(29)27-30/h3-10,12,19,30H,1-2,11,13H2,(H,27,29)/t19-/m1/s1. The van der Waals surface area contributed by atoms with Gasteiger partial charge in [-0.2, -0.15) is 17.5 Å². The van der Waals surface area contributed by atoms with E-state index in [0.29, 0.717) is 24.0 Å². The molecule has 4 rings (SSSR count). The van der Waals surface area contributed by atoms with Crippen molar-refractivity contribution in [2.75, 3.05) is 6.54 Å². The molecule has 1 atom stereocenters. The molecule has 0 radical (unpaired) electrons. The van der Waals surface area contributed by atoms with Crippen molar-refractivity contribution >= 4 is 38.6 Å². The fourth-order valence-electron chi connectivity index (χ4n) is 3.84. The molecule has 0 saturated carbocycles. The number of aromatic nitrogens is 1. The summed E-state index contributed by atoms with van der Waals surface area (Å²) in [6.45, 7) is 0.184. The van der Waals surface area contributed by atoms with E-state index in [9.17, 15) is 26.4 Å². The Kier molecular flexibility index (Phi) is 6.85. The molecule has 2 aromatic carbocycles. The van der Waals surface area contributed by atoms with Crippen LogP contribution in [0.2, 0.25) is 0 Å². The summed E-state index contributed by atoms with van der Waals surface area (Å²) < 4.78 is 65.9. The Labute approximate surface area is 198 Å². The van der Waals surface area contributed by atoms with Gasteiger partial charge in [0, 0.05) is 28.8 Å². The lowest BCUT2D eigenvalue weighted by Crippen LogP contribution is -2.44. The van der Waals surface area contributed by atoms with Crippen molar-refractivity contribution in [1.29, 1.82) is 0 Å². The quantitative estimate of drug-likeness (QED) is 0.292. The summed E-state index contributed by atoms with van der Waals surface area (Å²) in [7, 11) is -3.92. The highest BCUT2D eigenvalue weighted by atomic mass is 32.2. The lowest BCUT2D eigenvalue weighted by Gasteiger charge is -2.22. The van der Waals surface area contributed by atoms with Crippen molar-refractivity contribution in [3.63, 3.8) is 0 Å². The highest BCUT2D eigenvalue weighted by Gasteiger charge is 2.39. The van der Waals surface area contributed by atoms with Gasteiger partial charge in [0.15, 0.2) is 0 Å². The Morgan fingerprint density at radius 3 is 2.59 bits per heavy atom. The number of nitrogens with zero attached hydrogens (tertiary/aromatic N) is 2. The van der Waals surface area contributed by atoms with Gasteiger partial charge in [0.2, 0.25) is 10.0 Å². The van der Waals surface area contributed by atoms with Crippen LogP contribution in [0.3, 0.4) is 0 Å². The SMILES string of the molecule is O=C(NO)[C@H]1CCCN1S(=O)(=O)c1ccc(CSc2ccnc3cc(C(F)(F)F)ccc23)cc1. The second-order valence-corrected chi connectivity index (χ2v) is 10.6. The van der Waals surface area contributed by atoms with Gasteiger partial charge < -0.3 is 0 Å². The number of hydroxylamine groups is 1. The molecule has 1 aliphatic heterocycles. The van der Waals surface area contributed by atoms with Crippen molar-refractivity contribution in [3.8, 4) is 0 Å². The number of rotatable bonds is 6. The Hall–Kier alpha value is -2.67. The first-order valence-corrected chi connectivity index (χ1v) is 12.7. The first kappa shape index (κ1) is 24.5. The monoisotopic (exact) mass is 511 g/mol. The van der Waals surface area contributed by atoms with Crippen LogP contribution in [-0.4, -0.2) is 41.4 Å². The van der Waals surface area contributed by atoms with E-state index < -0.39 is 33.7 Å². The highest BCUT2D eigenvalue weighted by Crippen LogP contribution is 2.35. The Morgan fingerprint density at radius 2 is 1.91 bits per heavy atom. The fraction of sp³-hybridized carbons (Fsp3) is 0.273. The Bertz CT molecular complexity index is 1320. The van der Waals surface area contributed by atoms with Crippen molar-refractivity contribution in [2.45, 2.75) is 40.6 Å². The summed E-state index contributed by atoms with van der Waals surface area (Å²) >= 11 is 1.40. The molecule has 1 aromatic heterocycles. The zero-order chi connectivity index (χ0) is 24.5. The Morgan fingerprint density at radius 1 is 1.18 bits per heavy atom. The fourth-order valence-corrected chi connectivity index (χ4v) is 6.50. The van der Waals surface area contributed by atoms with Crippen LogP contribution < -0.4 is 5.48 Å². The van der Waals surface area contributed by atoms with Crippen molar-refractivity contribution < 1.29 is 31.6 Å². The number of carbonyl (C=O) groups is 1. The molecule has 12 heteroatoms. The van der Waals surface area contributed by atoms with Gasteiger partial charge in [0.05, 0.1) is 16.0 Å². The molecule has 0 aliphatic carbocycles. The van der Waals surface area contributed by atoms with E-state index in [1.165, 1.54) is 41.6 Å². The number of hydrogen-bond donors (Lipinski definition) is 2. The van der Waals surface area contributed by atoms with E-state index >= 15 is 0 Å². The van der Waals surface area contributed by atoms with Crippen molar-refractivity contribution in [1.82, 2.24) is 14.8 Å². The summed E-state index contributed by atoms with van der Waals surface area (Å²) in [6, 6.07) is 10.4. The Balaban J connectivity index is 1.49. The average molecular weight is 512 g/mol. The molecule has 1 aliphatic rings. The number of benzene rings is 2. The lowest BCUT2D eigenvalue weighted by atomic mass is 10.1. The predicted octanol–water partition coefficient (Wildman–Crippen LogP) is 4.20. The third-order valence-corrected chi connectivity index (χ3v) is 8.64.